The zero-order chi connectivity index (χ0) is 14.3. The number of hydrogen-bond acceptors (Lipinski definition) is 2. The van der Waals surface area contributed by atoms with Gasteiger partial charge < -0.3 is 4.90 Å². The molecule has 0 N–H and O–H groups in total. The van der Waals surface area contributed by atoms with Gasteiger partial charge in [0.05, 0.1) is 10.7 Å². The summed E-state index contributed by atoms with van der Waals surface area (Å²) in [5.74, 6) is 0.0815. The van der Waals surface area contributed by atoms with Crippen LogP contribution in [0.2, 0.25) is 0 Å². The summed E-state index contributed by atoms with van der Waals surface area (Å²) in [7, 11) is 0. The van der Waals surface area contributed by atoms with Crippen LogP contribution >= 0.6 is 15.9 Å². The number of amides is 1. The van der Waals surface area contributed by atoms with Crippen molar-refractivity contribution >= 4 is 27.5 Å². The number of hydrogen-bond donors (Lipinski definition) is 0. The Labute approximate surface area is 126 Å². The van der Waals surface area contributed by atoms with Gasteiger partial charge >= 0.3 is 0 Å². The molecule has 0 radical (unpaired) electrons. The number of benzene rings is 1. The van der Waals surface area contributed by atoms with E-state index in [1.807, 2.05) is 36.2 Å². The highest BCUT2D eigenvalue weighted by Gasteiger charge is 2.33. The molecule has 0 fully saturated rings. The standard InChI is InChI=1S/C15H16BrN3O/c1-10-7-12-5-3-4-6-14(12)19(10)15(20)11(2)18-9-13(16)8-17-18/h3-6,8-11H,7H2,1-2H3. The van der Waals surface area contributed by atoms with Crippen molar-refractivity contribution in [2.75, 3.05) is 4.90 Å². The molecule has 0 spiro atoms. The third-order valence-corrected chi connectivity index (χ3v) is 4.18. The van der Waals surface area contributed by atoms with Crippen molar-refractivity contribution < 1.29 is 4.79 Å². The Bertz CT molecular complexity index is 652. The number of anilines is 1. The lowest BCUT2D eigenvalue weighted by molar-refractivity contribution is -0.121. The molecule has 2 heterocycles. The summed E-state index contributed by atoms with van der Waals surface area (Å²) in [6.45, 7) is 3.97. The minimum atomic E-state index is -0.310. The minimum absolute atomic E-state index is 0.0815. The van der Waals surface area contributed by atoms with Crippen molar-refractivity contribution in [1.29, 1.82) is 0 Å². The number of nitrogens with zero attached hydrogens (tertiary/aromatic N) is 3. The number of para-hydroxylation sites is 1. The van der Waals surface area contributed by atoms with Gasteiger partial charge in [-0.25, -0.2) is 0 Å². The molecule has 5 heteroatoms. The SMILES string of the molecule is CC1Cc2ccccc2N1C(=O)C(C)n1cc(Br)cn1. The molecule has 1 aromatic heterocycles. The molecular weight excluding hydrogens is 318 g/mol. The molecule has 2 atom stereocenters. The van der Waals surface area contributed by atoms with Crippen LogP contribution in [-0.2, 0) is 11.2 Å². The zero-order valence-corrected chi connectivity index (χ0v) is 13.0. The predicted molar refractivity (Wildman–Crippen MR) is 81.7 cm³/mol. The van der Waals surface area contributed by atoms with E-state index in [-0.39, 0.29) is 18.0 Å². The molecule has 20 heavy (non-hydrogen) atoms. The second kappa shape index (κ2) is 5.05. The lowest BCUT2D eigenvalue weighted by Crippen LogP contribution is -2.40. The van der Waals surface area contributed by atoms with E-state index in [4.69, 9.17) is 0 Å². The summed E-state index contributed by atoms with van der Waals surface area (Å²) < 4.78 is 2.58. The van der Waals surface area contributed by atoms with E-state index in [0.29, 0.717) is 0 Å². The molecule has 1 aromatic carbocycles. The van der Waals surface area contributed by atoms with Gasteiger partial charge in [0.2, 0.25) is 0 Å². The summed E-state index contributed by atoms with van der Waals surface area (Å²) in [6.07, 6.45) is 4.44. The van der Waals surface area contributed by atoms with Gasteiger partial charge in [-0.3, -0.25) is 9.48 Å². The van der Waals surface area contributed by atoms with E-state index < -0.39 is 0 Å². The number of fused-ring (bicyclic) bond motifs is 1. The first-order valence-electron chi connectivity index (χ1n) is 6.68. The quantitative estimate of drug-likeness (QED) is 0.846. The average Bonchev–Trinajstić information content (AvgIpc) is 2.99. The number of halogens is 1. The predicted octanol–water partition coefficient (Wildman–Crippen LogP) is 3.18. The zero-order valence-electron chi connectivity index (χ0n) is 11.5. The Kier molecular flexibility index (Phi) is 3.38. The molecule has 2 unspecified atom stereocenters. The van der Waals surface area contributed by atoms with E-state index in [1.54, 1.807) is 10.9 Å². The molecule has 0 saturated heterocycles. The first-order chi connectivity index (χ1) is 9.58. The lowest BCUT2D eigenvalue weighted by Gasteiger charge is -2.26. The highest BCUT2D eigenvalue weighted by molar-refractivity contribution is 9.10. The second-order valence-electron chi connectivity index (χ2n) is 5.20. The van der Waals surface area contributed by atoms with Crippen molar-refractivity contribution in [3.05, 3.63) is 46.7 Å². The van der Waals surface area contributed by atoms with Crippen LogP contribution in [0, 0.1) is 0 Å². The van der Waals surface area contributed by atoms with Crippen molar-refractivity contribution in [2.24, 2.45) is 0 Å². The molecule has 1 amide bonds. The summed E-state index contributed by atoms with van der Waals surface area (Å²) in [5, 5.41) is 4.21. The van der Waals surface area contributed by atoms with Crippen LogP contribution in [-0.4, -0.2) is 21.7 Å². The van der Waals surface area contributed by atoms with E-state index in [9.17, 15) is 4.79 Å². The van der Waals surface area contributed by atoms with E-state index in [2.05, 4.69) is 34.0 Å². The Morgan fingerprint density at radius 1 is 1.45 bits per heavy atom. The Balaban J connectivity index is 1.91. The van der Waals surface area contributed by atoms with E-state index >= 15 is 0 Å². The molecule has 1 aliphatic heterocycles. The Hall–Kier alpha value is -1.62. The number of carbonyl (C=O) groups is 1. The van der Waals surface area contributed by atoms with Gasteiger partial charge in [0.15, 0.2) is 0 Å². The maximum absolute atomic E-state index is 12.8. The van der Waals surface area contributed by atoms with Crippen LogP contribution in [0.4, 0.5) is 5.69 Å². The van der Waals surface area contributed by atoms with Gasteiger partial charge in [0.25, 0.3) is 5.91 Å². The van der Waals surface area contributed by atoms with Crippen LogP contribution in [0.1, 0.15) is 25.5 Å². The monoisotopic (exact) mass is 333 g/mol. The first kappa shape index (κ1) is 13.4. The normalized spacial score (nSPS) is 18.9. The maximum Gasteiger partial charge on any atom is 0.251 e. The average molecular weight is 334 g/mol. The molecule has 2 aromatic rings. The van der Waals surface area contributed by atoms with Crippen LogP contribution in [0.25, 0.3) is 0 Å². The second-order valence-corrected chi connectivity index (χ2v) is 6.12. The van der Waals surface area contributed by atoms with Crippen molar-refractivity contribution in [3.8, 4) is 0 Å². The summed E-state index contributed by atoms with van der Waals surface area (Å²) in [6, 6.07) is 7.99. The van der Waals surface area contributed by atoms with Crippen LogP contribution < -0.4 is 4.90 Å². The van der Waals surface area contributed by atoms with Crippen molar-refractivity contribution in [3.63, 3.8) is 0 Å². The molecular formula is C15H16BrN3O. The Morgan fingerprint density at radius 3 is 2.90 bits per heavy atom. The van der Waals surface area contributed by atoms with Crippen molar-refractivity contribution in [2.45, 2.75) is 32.4 Å². The summed E-state index contributed by atoms with van der Waals surface area (Å²) >= 11 is 3.36. The molecule has 0 saturated carbocycles. The number of aromatic nitrogens is 2. The lowest BCUT2D eigenvalue weighted by atomic mass is 10.1. The molecule has 3 rings (SSSR count). The van der Waals surface area contributed by atoms with E-state index in [0.717, 1.165) is 16.6 Å². The fourth-order valence-electron chi connectivity index (χ4n) is 2.74. The van der Waals surface area contributed by atoms with Crippen molar-refractivity contribution in [1.82, 2.24) is 9.78 Å². The smallest absolute Gasteiger partial charge is 0.251 e. The molecule has 1 aliphatic rings. The molecule has 0 aliphatic carbocycles. The summed E-state index contributed by atoms with van der Waals surface area (Å²) in [5.41, 5.74) is 2.27. The minimum Gasteiger partial charge on any atom is -0.307 e. The highest BCUT2D eigenvalue weighted by Crippen LogP contribution is 2.33. The topological polar surface area (TPSA) is 38.1 Å². The van der Waals surface area contributed by atoms with E-state index in [1.165, 1.54) is 5.56 Å². The molecule has 0 bridgehead atoms. The van der Waals surface area contributed by atoms with Gasteiger partial charge in [-0.2, -0.15) is 5.10 Å². The first-order valence-corrected chi connectivity index (χ1v) is 7.48. The fraction of sp³-hybridized carbons (Fsp3) is 0.333. The van der Waals surface area contributed by atoms with Gasteiger partial charge in [-0.05, 0) is 47.8 Å². The van der Waals surface area contributed by atoms with Gasteiger partial charge in [-0.15, -0.1) is 0 Å². The molecule has 104 valence electrons. The number of rotatable bonds is 2. The van der Waals surface area contributed by atoms with Crippen LogP contribution in [0.15, 0.2) is 41.1 Å². The third kappa shape index (κ3) is 2.16. The third-order valence-electron chi connectivity index (χ3n) is 3.77. The highest BCUT2D eigenvalue weighted by atomic mass is 79.9. The fourth-order valence-corrected chi connectivity index (χ4v) is 3.04. The van der Waals surface area contributed by atoms with Gasteiger partial charge in [0.1, 0.15) is 6.04 Å². The number of carbonyl (C=O) groups excluding carboxylic acids is 1. The summed E-state index contributed by atoms with van der Waals surface area (Å²) in [4.78, 5) is 14.7. The van der Waals surface area contributed by atoms with Gasteiger partial charge in [0, 0.05) is 17.9 Å². The largest absolute Gasteiger partial charge is 0.307 e. The Morgan fingerprint density at radius 2 is 2.20 bits per heavy atom. The maximum atomic E-state index is 12.8. The van der Waals surface area contributed by atoms with Crippen LogP contribution in [0.5, 0.6) is 0 Å². The van der Waals surface area contributed by atoms with Crippen LogP contribution in [0.3, 0.4) is 0 Å². The van der Waals surface area contributed by atoms with Gasteiger partial charge in [-0.1, -0.05) is 18.2 Å². The molecule has 4 nitrogen and oxygen atoms in total.